The quantitative estimate of drug-likeness (QED) is 0.749. The molecular weight excluding hydrogens is 205 g/mol. The van der Waals surface area contributed by atoms with Gasteiger partial charge in [0.2, 0.25) is 0 Å². The van der Waals surface area contributed by atoms with Crippen molar-refractivity contribution in [3.8, 4) is 5.75 Å². The van der Waals surface area contributed by atoms with Gasteiger partial charge in [-0.1, -0.05) is 32.6 Å². The van der Waals surface area contributed by atoms with E-state index in [1.165, 1.54) is 6.07 Å². The van der Waals surface area contributed by atoms with Crippen LogP contribution in [-0.4, -0.2) is 19.2 Å². The third-order valence-corrected chi connectivity index (χ3v) is 2.03. The van der Waals surface area contributed by atoms with Gasteiger partial charge in [0, 0.05) is 12.6 Å². The average Bonchev–Trinajstić information content (AvgIpc) is 2.25. The Hall–Kier alpha value is -1.35. The molecule has 0 aromatic heterocycles. The van der Waals surface area contributed by atoms with Crippen LogP contribution in [0.15, 0.2) is 36.4 Å². The standard InChI is InChI=1S/C13H18FNO/c1-10(2)15-8-11(3)9-16-13-7-5-4-6-12(13)14/h4-7,10,15H,3,8-9H2,1-2H3. The fraction of sp³-hybridized carbons (Fsp3) is 0.385. The second-order valence-electron chi connectivity index (χ2n) is 4.00. The van der Waals surface area contributed by atoms with E-state index in [4.69, 9.17) is 4.74 Å². The molecule has 0 aliphatic rings. The van der Waals surface area contributed by atoms with E-state index in [1.807, 2.05) is 0 Å². The van der Waals surface area contributed by atoms with Crippen LogP contribution < -0.4 is 10.1 Å². The molecule has 16 heavy (non-hydrogen) atoms. The summed E-state index contributed by atoms with van der Waals surface area (Å²) < 4.78 is 18.5. The summed E-state index contributed by atoms with van der Waals surface area (Å²) in [5.41, 5.74) is 0.900. The van der Waals surface area contributed by atoms with Crippen LogP contribution in [0, 0.1) is 5.82 Å². The Labute approximate surface area is 96.1 Å². The van der Waals surface area contributed by atoms with Gasteiger partial charge in [0.15, 0.2) is 11.6 Å². The highest BCUT2D eigenvalue weighted by Gasteiger charge is 2.02. The van der Waals surface area contributed by atoms with Crippen molar-refractivity contribution in [2.75, 3.05) is 13.2 Å². The minimum atomic E-state index is -0.341. The summed E-state index contributed by atoms with van der Waals surface area (Å²) >= 11 is 0. The summed E-state index contributed by atoms with van der Waals surface area (Å²) in [7, 11) is 0. The number of ether oxygens (including phenoxy) is 1. The molecule has 0 fully saturated rings. The lowest BCUT2D eigenvalue weighted by Crippen LogP contribution is -2.26. The molecule has 0 atom stereocenters. The Bertz CT molecular complexity index is 350. The molecule has 0 unspecified atom stereocenters. The normalized spacial score (nSPS) is 10.5. The van der Waals surface area contributed by atoms with E-state index < -0.39 is 0 Å². The number of benzene rings is 1. The molecule has 0 saturated carbocycles. The highest BCUT2D eigenvalue weighted by molar-refractivity contribution is 5.24. The van der Waals surface area contributed by atoms with Crippen molar-refractivity contribution in [1.29, 1.82) is 0 Å². The molecule has 0 heterocycles. The Morgan fingerprint density at radius 1 is 1.44 bits per heavy atom. The van der Waals surface area contributed by atoms with Crippen molar-refractivity contribution in [3.05, 3.63) is 42.2 Å². The summed E-state index contributed by atoms with van der Waals surface area (Å²) in [6, 6.07) is 6.78. The zero-order chi connectivity index (χ0) is 12.0. The Kier molecular flexibility index (Phi) is 4.99. The lowest BCUT2D eigenvalue weighted by molar-refractivity contribution is 0.328. The first kappa shape index (κ1) is 12.7. The smallest absolute Gasteiger partial charge is 0.165 e. The topological polar surface area (TPSA) is 21.3 Å². The lowest BCUT2D eigenvalue weighted by atomic mass is 10.3. The third kappa shape index (κ3) is 4.45. The summed E-state index contributed by atoms with van der Waals surface area (Å²) in [4.78, 5) is 0. The van der Waals surface area contributed by atoms with Crippen molar-refractivity contribution < 1.29 is 9.13 Å². The predicted octanol–water partition coefficient (Wildman–Crippen LogP) is 2.76. The second kappa shape index (κ2) is 6.28. The molecular formula is C13H18FNO. The fourth-order valence-electron chi connectivity index (χ4n) is 1.14. The molecule has 0 aliphatic heterocycles. The van der Waals surface area contributed by atoms with Gasteiger partial charge in [0.1, 0.15) is 6.61 Å². The number of halogens is 1. The van der Waals surface area contributed by atoms with Crippen LogP contribution in [0.1, 0.15) is 13.8 Å². The highest BCUT2D eigenvalue weighted by Crippen LogP contribution is 2.15. The molecule has 1 N–H and O–H groups in total. The van der Waals surface area contributed by atoms with Gasteiger partial charge in [-0.05, 0) is 17.7 Å². The molecule has 0 aliphatic carbocycles. The Morgan fingerprint density at radius 3 is 2.75 bits per heavy atom. The molecule has 2 nitrogen and oxygen atoms in total. The van der Waals surface area contributed by atoms with Gasteiger partial charge in [-0.25, -0.2) is 4.39 Å². The van der Waals surface area contributed by atoms with E-state index in [-0.39, 0.29) is 11.6 Å². The maximum absolute atomic E-state index is 13.2. The minimum absolute atomic E-state index is 0.271. The zero-order valence-electron chi connectivity index (χ0n) is 9.79. The summed E-state index contributed by atoms with van der Waals surface area (Å²) in [6.45, 7) is 9.00. The maximum atomic E-state index is 13.2. The molecule has 1 rings (SSSR count). The van der Waals surface area contributed by atoms with Crippen LogP contribution >= 0.6 is 0 Å². The van der Waals surface area contributed by atoms with Crippen molar-refractivity contribution in [2.24, 2.45) is 0 Å². The molecule has 0 radical (unpaired) electrons. The van der Waals surface area contributed by atoms with Gasteiger partial charge >= 0.3 is 0 Å². The average molecular weight is 223 g/mol. The summed E-state index contributed by atoms with van der Waals surface area (Å²) in [5, 5.41) is 3.22. The number of nitrogens with one attached hydrogen (secondary N) is 1. The first-order chi connectivity index (χ1) is 7.59. The molecule has 0 bridgehead atoms. The number of hydrogen-bond donors (Lipinski definition) is 1. The first-order valence-electron chi connectivity index (χ1n) is 5.37. The molecule has 0 spiro atoms. The number of hydrogen-bond acceptors (Lipinski definition) is 2. The van der Waals surface area contributed by atoms with E-state index in [9.17, 15) is 4.39 Å². The van der Waals surface area contributed by atoms with Gasteiger partial charge in [0.25, 0.3) is 0 Å². The maximum Gasteiger partial charge on any atom is 0.165 e. The SMILES string of the molecule is C=C(CNC(C)C)COc1ccccc1F. The first-order valence-corrected chi connectivity index (χ1v) is 5.37. The highest BCUT2D eigenvalue weighted by atomic mass is 19.1. The lowest BCUT2D eigenvalue weighted by Gasteiger charge is -2.12. The van der Waals surface area contributed by atoms with Crippen molar-refractivity contribution in [2.45, 2.75) is 19.9 Å². The third-order valence-electron chi connectivity index (χ3n) is 2.03. The molecule has 88 valence electrons. The molecule has 1 aromatic rings. The summed E-state index contributed by atoms with van der Waals surface area (Å²) in [6.07, 6.45) is 0. The predicted molar refractivity (Wildman–Crippen MR) is 64.2 cm³/mol. The van der Waals surface area contributed by atoms with Crippen LogP contribution in [0.4, 0.5) is 4.39 Å². The van der Waals surface area contributed by atoms with Crippen LogP contribution in [0.2, 0.25) is 0 Å². The van der Waals surface area contributed by atoms with Gasteiger partial charge in [-0.15, -0.1) is 0 Å². The Morgan fingerprint density at radius 2 is 2.12 bits per heavy atom. The van der Waals surface area contributed by atoms with Crippen molar-refractivity contribution >= 4 is 0 Å². The van der Waals surface area contributed by atoms with E-state index in [0.717, 1.165) is 5.57 Å². The largest absolute Gasteiger partial charge is 0.486 e. The van der Waals surface area contributed by atoms with E-state index >= 15 is 0 Å². The number of para-hydroxylation sites is 1. The minimum Gasteiger partial charge on any atom is -0.486 e. The van der Waals surface area contributed by atoms with Crippen LogP contribution in [0.5, 0.6) is 5.75 Å². The van der Waals surface area contributed by atoms with E-state index in [2.05, 4.69) is 25.7 Å². The molecule has 0 amide bonds. The number of rotatable bonds is 6. The molecule has 3 heteroatoms. The fourth-order valence-corrected chi connectivity index (χ4v) is 1.14. The van der Waals surface area contributed by atoms with Crippen LogP contribution in [-0.2, 0) is 0 Å². The molecule has 0 saturated heterocycles. The van der Waals surface area contributed by atoms with Crippen molar-refractivity contribution in [1.82, 2.24) is 5.32 Å². The van der Waals surface area contributed by atoms with Gasteiger partial charge in [0.05, 0.1) is 0 Å². The Balaban J connectivity index is 2.35. The second-order valence-corrected chi connectivity index (χ2v) is 4.00. The van der Waals surface area contributed by atoms with E-state index in [0.29, 0.717) is 19.2 Å². The molecule has 1 aromatic carbocycles. The monoisotopic (exact) mass is 223 g/mol. The van der Waals surface area contributed by atoms with Gasteiger partial charge < -0.3 is 10.1 Å². The van der Waals surface area contributed by atoms with Gasteiger partial charge in [-0.3, -0.25) is 0 Å². The zero-order valence-corrected chi connectivity index (χ0v) is 9.79. The van der Waals surface area contributed by atoms with Gasteiger partial charge in [-0.2, -0.15) is 0 Å². The van der Waals surface area contributed by atoms with Crippen LogP contribution in [0.3, 0.4) is 0 Å². The van der Waals surface area contributed by atoms with E-state index in [1.54, 1.807) is 18.2 Å². The van der Waals surface area contributed by atoms with Crippen LogP contribution in [0.25, 0.3) is 0 Å². The van der Waals surface area contributed by atoms with Crippen molar-refractivity contribution in [3.63, 3.8) is 0 Å². The summed E-state index contributed by atoms with van der Waals surface area (Å²) in [5.74, 6) is -0.0692.